The van der Waals surface area contributed by atoms with Crippen molar-refractivity contribution in [3.63, 3.8) is 0 Å². The minimum Gasteiger partial charge on any atom is -0.383 e. The predicted molar refractivity (Wildman–Crippen MR) is 120 cm³/mol. The van der Waals surface area contributed by atoms with Crippen molar-refractivity contribution >= 4 is 17.5 Å². The molecule has 1 aliphatic heterocycles. The standard InChI is InChI=1S/C23H25ClN4O2/c1-15-6-4-7-16(12-15)20-21(17-9-10-25-19(24)13-17)26-23(27(2)22(20)29)28-11-5-8-18(28)14-30-3/h4,6-7,9-10,12-13,18H,5,8,11,14H2,1-3H3/t18-/m0/s1. The zero-order chi connectivity index (χ0) is 21.3. The second-order valence-corrected chi connectivity index (χ2v) is 8.07. The highest BCUT2D eigenvalue weighted by Gasteiger charge is 2.29. The Morgan fingerprint density at radius 1 is 1.23 bits per heavy atom. The lowest BCUT2D eigenvalue weighted by atomic mass is 9.99. The fraction of sp³-hybridized carbons (Fsp3) is 0.348. The monoisotopic (exact) mass is 424 g/mol. The van der Waals surface area contributed by atoms with Gasteiger partial charge in [-0.1, -0.05) is 41.4 Å². The van der Waals surface area contributed by atoms with E-state index >= 15 is 0 Å². The Balaban J connectivity index is 1.97. The molecule has 0 spiro atoms. The Morgan fingerprint density at radius 2 is 2.07 bits per heavy atom. The van der Waals surface area contributed by atoms with Crippen LogP contribution in [0.5, 0.6) is 0 Å². The van der Waals surface area contributed by atoms with Crippen molar-refractivity contribution in [2.75, 3.05) is 25.2 Å². The van der Waals surface area contributed by atoms with Crippen molar-refractivity contribution in [3.05, 3.63) is 63.7 Å². The lowest BCUT2D eigenvalue weighted by molar-refractivity contribution is 0.180. The van der Waals surface area contributed by atoms with Gasteiger partial charge in [-0.2, -0.15) is 0 Å². The van der Waals surface area contributed by atoms with Gasteiger partial charge >= 0.3 is 0 Å². The van der Waals surface area contributed by atoms with Gasteiger partial charge in [-0.05, 0) is 37.5 Å². The van der Waals surface area contributed by atoms with Crippen molar-refractivity contribution in [3.8, 4) is 22.4 Å². The van der Waals surface area contributed by atoms with Gasteiger partial charge < -0.3 is 9.64 Å². The average Bonchev–Trinajstić information content (AvgIpc) is 3.18. The van der Waals surface area contributed by atoms with Crippen LogP contribution in [-0.2, 0) is 11.8 Å². The number of hydrogen-bond donors (Lipinski definition) is 0. The van der Waals surface area contributed by atoms with Crippen LogP contribution < -0.4 is 10.5 Å². The number of anilines is 1. The molecule has 156 valence electrons. The number of ether oxygens (including phenoxy) is 1. The lowest BCUT2D eigenvalue weighted by Gasteiger charge is -2.27. The summed E-state index contributed by atoms with van der Waals surface area (Å²) in [5.41, 5.74) is 3.79. The molecule has 0 unspecified atom stereocenters. The van der Waals surface area contributed by atoms with E-state index < -0.39 is 0 Å². The van der Waals surface area contributed by atoms with Crippen LogP contribution in [0, 0.1) is 6.92 Å². The fourth-order valence-electron chi connectivity index (χ4n) is 4.13. The Morgan fingerprint density at radius 3 is 2.80 bits per heavy atom. The minimum absolute atomic E-state index is 0.0865. The maximum atomic E-state index is 13.6. The lowest BCUT2D eigenvalue weighted by Crippen LogP contribution is -2.38. The van der Waals surface area contributed by atoms with Gasteiger partial charge in [-0.15, -0.1) is 0 Å². The highest BCUT2D eigenvalue weighted by atomic mass is 35.5. The van der Waals surface area contributed by atoms with Crippen molar-refractivity contribution in [1.82, 2.24) is 14.5 Å². The molecule has 1 aromatic carbocycles. The molecule has 0 saturated carbocycles. The molecule has 0 aliphatic carbocycles. The van der Waals surface area contributed by atoms with Crippen LogP contribution >= 0.6 is 11.6 Å². The molecule has 0 N–H and O–H groups in total. The van der Waals surface area contributed by atoms with Gasteiger partial charge in [0.15, 0.2) is 0 Å². The summed E-state index contributed by atoms with van der Waals surface area (Å²) in [7, 11) is 3.49. The molecule has 30 heavy (non-hydrogen) atoms. The first-order valence-corrected chi connectivity index (χ1v) is 10.4. The summed E-state index contributed by atoms with van der Waals surface area (Å²) < 4.78 is 7.05. The van der Waals surface area contributed by atoms with Gasteiger partial charge in [0.25, 0.3) is 5.56 Å². The highest BCUT2D eigenvalue weighted by Crippen LogP contribution is 2.32. The van der Waals surface area contributed by atoms with Gasteiger partial charge in [0.1, 0.15) is 5.15 Å². The number of hydrogen-bond acceptors (Lipinski definition) is 5. The maximum absolute atomic E-state index is 13.6. The summed E-state index contributed by atoms with van der Waals surface area (Å²) in [5.74, 6) is 0.652. The quantitative estimate of drug-likeness (QED) is 0.577. The molecule has 1 fully saturated rings. The maximum Gasteiger partial charge on any atom is 0.263 e. The molecule has 7 heteroatoms. The van der Waals surface area contributed by atoms with Gasteiger partial charge in [-0.25, -0.2) is 9.97 Å². The molecule has 3 aromatic rings. The molecule has 0 radical (unpaired) electrons. The van der Waals surface area contributed by atoms with E-state index in [1.165, 1.54) is 0 Å². The van der Waals surface area contributed by atoms with Crippen molar-refractivity contribution in [1.29, 1.82) is 0 Å². The largest absolute Gasteiger partial charge is 0.383 e. The summed E-state index contributed by atoms with van der Waals surface area (Å²) in [6, 6.07) is 11.7. The Kier molecular flexibility index (Phi) is 5.88. The Bertz CT molecular complexity index is 1130. The molecular formula is C23H25ClN4O2. The van der Waals surface area contributed by atoms with E-state index in [0.717, 1.165) is 36.1 Å². The van der Waals surface area contributed by atoms with E-state index in [2.05, 4.69) is 9.88 Å². The number of halogens is 1. The summed E-state index contributed by atoms with van der Waals surface area (Å²) in [6.07, 6.45) is 3.69. The zero-order valence-corrected chi connectivity index (χ0v) is 18.2. The van der Waals surface area contributed by atoms with Gasteiger partial charge in [0, 0.05) is 32.5 Å². The molecule has 3 heterocycles. The van der Waals surface area contributed by atoms with E-state index in [1.807, 2.05) is 37.3 Å². The van der Waals surface area contributed by atoms with Crippen LogP contribution in [0.2, 0.25) is 5.15 Å². The Labute approximate surface area is 181 Å². The summed E-state index contributed by atoms with van der Waals surface area (Å²) in [5, 5.41) is 0.366. The van der Waals surface area contributed by atoms with Gasteiger partial charge in [0.2, 0.25) is 5.95 Å². The highest BCUT2D eigenvalue weighted by molar-refractivity contribution is 6.29. The van der Waals surface area contributed by atoms with Crippen LogP contribution in [0.4, 0.5) is 5.95 Å². The van der Waals surface area contributed by atoms with Gasteiger partial charge in [-0.3, -0.25) is 9.36 Å². The summed E-state index contributed by atoms with van der Waals surface area (Å²) >= 11 is 6.17. The van der Waals surface area contributed by atoms with Crippen LogP contribution in [-0.4, -0.2) is 40.8 Å². The molecule has 0 amide bonds. The van der Waals surface area contributed by atoms with Crippen LogP contribution in [0.1, 0.15) is 18.4 Å². The first-order chi connectivity index (χ1) is 14.5. The molecule has 1 atom stereocenters. The second-order valence-electron chi connectivity index (χ2n) is 7.68. The zero-order valence-electron chi connectivity index (χ0n) is 17.4. The third-order valence-corrected chi connectivity index (χ3v) is 5.77. The minimum atomic E-state index is -0.0865. The second kappa shape index (κ2) is 8.58. The summed E-state index contributed by atoms with van der Waals surface area (Å²) in [6.45, 7) is 3.46. The first kappa shape index (κ1) is 20.6. The number of aromatic nitrogens is 3. The topological polar surface area (TPSA) is 60.2 Å². The van der Waals surface area contributed by atoms with Crippen molar-refractivity contribution in [2.24, 2.45) is 7.05 Å². The van der Waals surface area contributed by atoms with Crippen LogP contribution in [0.15, 0.2) is 47.4 Å². The number of methoxy groups -OCH3 is 1. The SMILES string of the molecule is COC[C@@H]1CCCN1c1nc(-c2ccnc(Cl)c2)c(-c2cccc(C)c2)c(=O)n1C. The summed E-state index contributed by atoms with van der Waals surface area (Å²) in [4.78, 5) is 24.9. The number of benzene rings is 1. The molecule has 0 bridgehead atoms. The molecule has 4 rings (SSSR count). The van der Waals surface area contributed by atoms with E-state index in [-0.39, 0.29) is 11.6 Å². The third-order valence-electron chi connectivity index (χ3n) is 5.57. The average molecular weight is 425 g/mol. The van der Waals surface area contributed by atoms with E-state index in [4.69, 9.17) is 21.3 Å². The fourth-order valence-corrected chi connectivity index (χ4v) is 4.31. The number of nitrogens with zero attached hydrogens (tertiary/aromatic N) is 4. The van der Waals surface area contributed by atoms with Crippen LogP contribution in [0.3, 0.4) is 0 Å². The number of aryl methyl sites for hydroxylation is 1. The molecule has 1 aliphatic rings. The molecule has 2 aromatic heterocycles. The smallest absolute Gasteiger partial charge is 0.263 e. The molecular weight excluding hydrogens is 400 g/mol. The van der Waals surface area contributed by atoms with Crippen molar-refractivity contribution in [2.45, 2.75) is 25.8 Å². The molecule has 6 nitrogen and oxygen atoms in total. The predicted octanol–water partition coefficient (Wildman–Crippen LogP) is 4.09. The number of pyridine rings is 1. The van der Waals surface area contributed by atoms with E-state index in [1.54, 1.807) is 31.0 Å². The normalized spacial score (nSPS) is 16.3. The van der Waals surface area contributed by atoms with Gasteiger partial charge in [0.05, 0.1) is 23.9 Å². The van der Waals surface area contributed by atoms with Crippen molar-refractivity contribution < 1.29 is 4.74 Å². The van der Waals surface area contributed by atoms with Crippen LogP contribution in [0.25, 0.3) is 22.4 Å². The number of rotatable bonds is 5. The van der Waals surface area contributed by atoms with E-state index in [9.17, 15) is 4.79 Å². The molecule has 1 saturated heterocycles. The Hall–Kier alpha value is -2.70. The third kappa shape index (κ3) is 3.85. The first-order valence-electron chi connectivity index (χ1n) is 10.0. The van der Waals surface area contributed by atoms with E-state index in [0.29, 0.717) is 29.0 Å².